The summed E-state index contributed by atoms with van der Waals surface area (Å²) < 4.78 is 40.2. The maximum Gasteiger partial charge on any atom is 0.416 e. The second-order valence-electron chi connectivity index (χ2n) is 6.39. The van der Waals surface area contributed by atoms with Gasteiger partial charge in [-0.3, -0.25) is 4.79 Å². The molecule has 11 heteroatoms. The SMILES string of the molecule is C=CCc1c(C)nc2nc(SCC(=O)Nc3cc(C(F)(F)F)ccc3Cl)nn2c1C. The normalized spacial score (nSPS) is 11.7. The van der Waals surface area contributed by atoms with Crippen molar-refractivity contribution in [1.82, 2.24) is 19.6 Å². The van der Waals surface area contributed by atoms with Gasteiger partial charge in [-0.2, -0.15) is 18.2 Å². The number of alkyl halides is 3. The molecule has 0 atom stereocenters. The smallest absolute Gasteiger partial charge is 0.324 e. The van der Waals surface area contributed by atoms with Crippen molar-refractivity contribution in [2.75, 3.05) is 11.1 Å². The summed E-state index contributed by atoms with van der Waals surface area (Å²) in [6.07, 6.45) is -2.12. The van der Waals surface area contributed by atoms with Crippen LogP contribution in [-0.4, -0.2) is 31.2 Å². The molecular formula is C19H17ClF3N5OS. The van der Waals surface area contributed by atoms with Crippen molar-refractivity contribution in [3.63, 3.8) is 0 Å². The third-order valence-corrected chi connectivity index (χ3v) is 5.45. The maximum absolute atomic E-state index is 12.9. The van der Waals surface area contributed by atoms with E-state index >= 15 is 0 Å². The highest BCUT2D eigenvalue weighted by molar-refractivity contribution is 7.99. The van der Waals surface area contributed by atoms with Gasteiger partial charge in [0.1, 0.15) is 0 Å². The molecule has 6 nitrogen and oxygen atoms in total. The van der Waals surface area contributed by atoms with Crippen LogP contribution in [0.5, 0.6) is 0 Å². The molecule has 2 aromatic heterocycles. The van der Waals surface area contributed by atoms with E-state index < -0.39 is 17.6 Å². The van der Waals surface area contributed by atoms with E-state index in [2.05, 4.69) is 27.0 Å². The number of benzene rings is 1. The zero-order valence-electron chi connectivity index (χ0n) is 16.0. The minimum atomic E-state index is -4.54. The molecule has 0 unspecified atom stereocenters. The van der Waals surface area contributed by atoms with Gasteiger partial charge < -0.3 is 5.32 Å². The van der Waals surface area contributed by atoms with Gasteiger partial charge in [0.15, 0.2) is 0 Å². The fourth-order valence-electron chi connectivity index (χ4n) is 2.80. The Bertz CT molecular complexity index is 1130. The van der Waals surface area contributed by atoms with Gasteiger partial charge in [-0.05, 0) is 44.0 Å². The summed E-state index contributed by atoms with van der Waals surface area (Å²) in [5, 5.41) is 7.08. The van der Waals surface area contributed by atoms with E-state index in [1.807, 2.05) is 13.8 Å². The summed E-state index contributed by atoms with van der Waals surface area (Å²) in [5.74, 6) is -0.240. The van der Waals surface area contributed by atoms with Crippen LogP contribution in [0.1, 0.15) is 22.5 Å². The molecule has 3 rings (SSSR count). The molecule has 0 aliphatic carbocycles. The standard InChI is InChI=1S/C19H17ClF3N5OS/c1-4-5-13-10(2)24-17-26-18(27-28(17)11(13)3)30-9-16(29)25-15-8-12(19(21,22)23)6-7-14(15)20/h4,6-8H,1,5,9H2,2-3H3,(H,25,29). The first-order valence-electron chi connectivity index (χ1n) is 8.73. The summed E-state index contributed by atoms with van der Waals surface area (Å²) in [6.45, 7) is 7.51. The van der Waals surface area contributed by atoms with Crippen LogP contribution in [-0.2, 0) is 17.4 Å². The van der Waals surface area contributed by atoms with Gasteiger partial charge in [0, 0.05) is 11.4 Å². The third-order valence-electron chi connectivity index (χ3n) is 4.28. The van der Waals surface area contributed by atoms with E-state index in [0.29, 0.717) is 17.4 Å². The number of allylic oxidation sites excluding steroid dienone is 1. The molecule has 0 bridgehead atoms. The highest BCUT2D eigenvalue weighted by atomic mass is 35.5. The second-order valence-corrected chi connectivity index (χ2v) is 7.74. The molecule has 0 spiro atoms. The number of thioether (sulfide) groups is 1. The fraction of sp³-hybridized carbons (Fsp3) is 0.263. The van der Waals surface area contributed by atoms with Crippen LogP contribution in [0.4, 0.5) is 18.9 Å². The Kier molecular flexibility index (Phi) is 6.37. The van der Waals surface area contributed by atoms with E-state index in [0.717, 1.165) is 46.9 Å². The minimum Gasteiger partial charge on any atom is -0.324 e. The molecule has 0 fully saturated rings. The number of aromatic nitrogens is 4. The number of fused-ring (bicyclic) bond motifs is 1. The van der Waals surface area contributed by atoms with Gasteiger partial charge in [0.2, 0.25) is 11.1 Å². The molecule has 1 N–H and O–H groups in total. The van der Waals surface area contributed by atoms with Gasteiger partial charge >= 0.3 is 6.18 Å². The van der Waals surface area contributed by atoms with E-state index in [9.17, 15) is 18.0 Å². The summed E-state index contributed by atoms with van der Waals surface area (Å²) >= 11 is 6.94. The second kappa shape index (κ2) is 8.65. The van der Waals surface area contributed by atoms with Crippen LogP contribution in [0.15, 0.2) is 36.0 Å². The Labute approximate surface area is 179 Å². The number of anilines is 1. The number of carbonyl (C=O) groups is 1. The molecular weight excluding hydrogens is 439 g/mol. The van der Waals surface area contributed by atoms with Crippen LogP contribution in [0.3, 0.4) is 0 Å². The number of nitrogens with one attached hydrogen (secondary N) is 1. The molecule has 2 heterocycles. The maximum atomic E-state index is 12.9. The first-order valence-corrected chi connectivity index (χ1v) is 10.1. The van der Waals surface area contributed by atoms with Crippen molar-refractivity contribution in [3.8, 4) is 0 Å². The van der Waals surface area contributed by atoms with Crippen molar-refractivity contribution in [2.45, 2.75) is 31.6 Å². The summed E-state index contributed by atoms with van der Waals surface area (Å²) in [6, 6.07) is 2.74. The molecule has 30 heavy (non-hydrogen) atoms. The molecule has 0 saturated heterocycles. The number of rotatable bonds is 6. The Morgan fingerprint density at radius 3 is 2.73 bits per heavy atom. The monoisotopic (exact) mass is 455 g/mol. The number of amides is 1. The Hall–Kier alpha value is -2.59. The average Bonchev–Trinajstić information content (AvgIpc) is 3.07. The Morgan fingerprint density at radius 2 is 2.07 bits per heavy atom. The fourth-order valence-corrected chi connectivity index (χ4v) is 3.59. The number of nitrogens with zero attached hydrogens (tertiary/aromatic N) is 4. The molecule has 0 saturated carbocycles. The van der Waals surface area contributed by atoms with E-state index in [1.165, 1.54) is 0 Å². The van der Waals surface area contributed by atoms with Crippen molar-refractivity contribution in [2.24, 2.45) is 0 Å². The van der Waals surface area contributed by atoms with Crippen molar-refractivity contribution in [1.29, 1.82) is 0 Å². The Balaban J connectivity index is 1.73. The number of halogens is 4. The van der Waals surface area contributed by atoms with Gasteiger partial charge in [0.25, 0.3) is 5.78 Å². The summed E-state index contributed by atoms with van der Waals surface area (Å²) in [5.41, 5.74) is 1.68. The lowest BCUT2D eigenvalue weighted by Crippen LogP contribution is -2.15. The Morgan fingerprint density at radius 1 is 1.33 bits per heavy atom. The highest BCUT2D eigenvalue weighted by Gasteiger charge is 2.31. The molecule has 0 aliphatic heterocycles. The molecule has 1 amide bonds. The lowest BCUT2D eigenvalue weighted by Gasteiger charge is -2.11. The van der Waals surface area contributed by atoms with Crippen molar-refractivity contribution >= 4 is 40.7 Å². The topological polar surface area (TPSA) is 72.2 Å². The van der Waals surface area contributed by atoms with Gasteiger partial charge in [0.05, 0.1) is 22.0 Å². The number of hydrogen-bond donors (Lipinski definition) is 1. The van der Waals surface area contributed by atoms with Gasteiger partial charge in [-0.15, -0.1) is 11.7 Å². The summed E-state index contributed by atoms with van der Waals surface area (Å²) in [7, 11) is 0. The first-order chi connectivity index (χ1) is 14.1. The van der Waals surface area contributed by atoms with Crippen LogP contribution in [0.25, 0.3) is 5.78 Å². The number of carbonyl (C=O) groups excluding carboxylic acids is 1. The number of aryl methyl sites for hydroxylation is 2. The summed E-state index contributed by atoms with van der Waals surface area (Å²) in [4.78, 5) is 20.9. The van der Waals surface area contributed by atoms with Crippen LogP contribution in [0, 0.1) is 13.8 Å². The zero-order chi connectivity index (χ0) is 22.1. The van der Waals surface area contributed by atoms with E-state index in [1.54, 1.807) is 10.6 Å². The number of hydrogen-bond acceptors (Lipinski definition) is 5. The quantitative estimate of drug-likeness (QED) is 0.424. The highest BCUT2D eigenvalue weighted by Crippen LogP contribution is 2.34. The van der Waals surface area contributed by atoms with E-state index in [-0.39, 0.29) is 16.5 Å². The third kappa shape index (κ3) is 4.76. The average molecular weight is 456 g/mol. The molecule has 0 radical (unpaired) electrons. The lowest BCUT2D eigenvalue weighted by atomic mass is 10.1. The largest absolute Gasteiger partial charge is 0.416 e. The molecule has 3 aromatic rings. The zero-order valence-corrected chi connectivity index (χ0v) is 17.6. The van der Waals surface area contributed by atoms with Crippen LogP contribution >= 0.6 is 23.4 Å². The van der Waals surface area contributed by atoms with Crippen LogP contribution in [0.2, 0.25) is 5.02 Å². The molecule has 158 valence electrons. The minimum absolute atomic E-state index is 0.0113. The first kappa shape index (κ1) is 22.1. The lowest BCUT2D eigenvalue weighted by molar-refractivity contribution is -0.137. The van der Waals surface area contributed by atoms with Gasteiger partial charge in [-0.25, -0.2) is 9.50 Å². The van der Waals surface area contributed by atoms with E-state index in [4.69, 9.17) is 11.6 Å². The van der Waals surface area contributed by atoms with Crippen molar-refractivity contribution in [3.05, 3.63) is 58.4 Å². The molecule has 1 aromatic carbocycles. The molecule has 0 aliphatic rings. The van der Waals surface area contributed by atoms with Gasteiger partial charge in [-0.1, -0.05) is 29.4 Å². The predicted octanol–water partition coefficient (Wildman–Crippen LogP) is 4.87. The predicted molar refractivity (Wildman–Crippen MR) is 110 cm³/mol. The van der Waals surface area contributed by atoms with Crippen molar-refractivity contribution < 1.29 is 18.0 Å². The van der Waals surface area contributed by atoms with Crippen LogP contribution < -0.4 is 5.32 Å².